The lowest BCUT2D eigenvalue weighted by atomic mass is 10.1. The predicted molar refractivity (Wildman–Crippen MR) is 131 cm³/mol. The molecule has 2 amide bonds. The van der Waals surface area contributed by atoms with E-state index in [0.29, 0.717) is 52.2 Å². The van der Waals surface area contributed by atoms with Gasteiger partial charge in [-0.3, -0.25) is 14.6 Å². The lowest BCUT2D eigenvalue weighted by Gasteiger charge is -2.18. The van der Waals surface area contributed by atoms with Gasteiger partial charge in [-0.1, -0.05) is 17.7 Å². The standard InChI is InChI=1S/C26H20ClN3O4/c1-15-2-3-16-12-17(4-8-21(16)28-15)26(32)30-22-14-19(6-7-20(22)27)29-25(31)18-5-9-23-24(13-18)34-11-10-33-23/h2-9,12-14H,10-11H2,1H3,(H,29,31)(H,30,32). The minimum absolute atomic E-state index is 0.320. The number of pyridine rings is 1. The Morgan fingerprint density at radius 2 is 1.56 bits per heavy atom. The third-order valence-corrected chi connectivity index (χ3v) is 5.70. The lowest BCUT2D eigenvalue weighted by Crippen LogP contribution is -2.17. The highest BCUT2D eigenvalue weighted by Crippen LogP contribution is 2.31. The molecular weight excluding hydrogens is 454 g/mol. The summed E-state index contributed by atoms with van der Waals surface area (Å²) in [6.45, 7) is 2.83. The molecule has 1 aliphatic rings. The predicted octanol–water partition coefficient (Wildman–Crippen LogP) is 5.47. The fourth-order valence-electron chi connectivity index (χ4n) is 3.65. The first-order valence-electron chi connectivity index (χ1n) is 10.7. The smallest absolute Gasteiger partial charge is 0.255 e. The molecule has 170 valence electrons. The summed E-state index contributed by atoms with van der Waals surface area (Å²) in [6, 6.07) is 19.0. The maximum absolute atomic E-state index is 12.9. The molecular formula is C26H20ClN3O4. The van der Waals surface area contributed by atoms with Gasteiger partial charge in [0.05, 0.1) is 16.2 Å². The van der Waals surface area contributed by atoms with Crippen LogP contribution in [0.4, 0.5) is 11.4 Å². The second-order valence-corrected chi connectivity index (χ2v) is 8.23. The number of halogens is 1. The molecule has 0 fully saturated rings. The molecule has 0 radical (unpaired) electrons. The Morgan fingerprint density at radius 1 is 0.824 bits per heavy atom. The third kappa shape index (κ3) is 4.51. The first-order chi connectivity index (χ1) is 16.5. The highest BCUT2D eigenvalue weighted by Gasteiger charge is 2.16. The molecule has 0 spiro atoms. The zero-order chi connectivity index (χ0) is 23.7. The number of fused-ring (bicyclic) bond motifs is 2. The fraction of sp³-hybridized carbons (Fsp3) is 0.115. The van der Waals surface area contributed by atoms with E-state index in [-0.39, 0.29) is 11.8 Å². The topological polar surface area (TPSA) is 89.6 Å². The minimum Gasteiger partial charge on any atom is -0.486 e. The summed E-state index contributed by atoms with van der Waals surface area (Å²) in [4.78, 5) is 30.1. The summed E-state index contributed by atoms with van der Waals surface area (Å²) >= 11 is 6.31. The number of rotatable bonds is 4. The van der Waals surface area contributed by atoms with Crippen LogP contribution < -0.4 is 20.1 Å². The number of aromatic nitrogens is 1. The number of anilines is 2. The maximum atomic E-state index is 12.9. The van der Waals surface area contributed by atoms with Gasteiger partial charge in [-0.25, -0.2) is 0 Å². The van der Waals surface area contributed by atoms with Gasteiger partial charge in [-0.05, 0) is 67.6 Å². The van der Waals surface area contributed by atoms with Gasteiger partial charge in [0.25, 0.3) is 11.8 Å². The molecule has 0 saturated carbocycles. The number of nitrogens with one attached hydrogen (secondary N) is 2. The first kappa shape index (κ1) is 21.7. The average Bonchev–Trinajstić information content (AvgIpc) is 2.85. The molecule has 0 atom stereocenters. The van der Waals surface area contributed by atoms with Gasteiger partial charge in [0, 0.05) is 27.9 Å². The van der Waals surface area contributed by atoms with Crippen LogP contribution in [0.3, 0.4) is 0 Å². The van der Waals surface area contributed by atoms with Crippen LogP contribution in [0.5, 0.6) is 11.5 Å². The second kappa shape index (κ2) is 9.03. The molecule has 1 aliphatic heterocycles. The van der Waals surface area contributed by atoms with Crippen molar-refractivity contribution in [1.82, 2.24) is 4.98 Å². The van der Waals surface area contributed by atoms with E-state index in [1.165, 1.54) is 0 Å². The molecule has 34 heavy (non-hydrogen) atoms. The number of benzene rings is 3. The Balaban J connectivity index is 1.33. The SMILES string of the molecule is Cc1ccc2cc(C(=O)Nc3cc(NC(=O)c4ccc5c(c4)OCCO5)ccc3Cl)ccc2n1. The van der Waals surface area contributed by atoms with Crippen LogP contribution in [-0.2, 0) is 0 Å². The van der Waals surface area contributed by atoms with Gasteiger partial charge in [0.2, 0.25) is 0 Å². The van der Waals surface area contributed by atoms with Crippen molar-refractivity contribution in [2.45, 2.75) is 6.92 Å². The van der Waals surface area contributed by atoms with Gasteiger partial charge in [0.1, 0.15) is 13.2 Å². The first-order valence-corrected chi connectivity index (χ1v) is 11.0. The zero-order valence-corrected chi connectivity index (χ0v) is 19.0. The number of nitrogens with zero attached hydrogens (tertiary/aromatic N) is 1. The number of carbonyl (C=O) groups is 2. The Labute approximate surface area is 200 Å². The van der Waals surface area contributed by atoms with Gasteiger partial charge >= 0.3 is 0 Å². The normalized spacial score (nSPS) is 12.3. The molecule has 0 aliphatic carbocycles. The molecule has 4 aromatic rings. The summed E-state index contributed by atoms with van der Waals surface area (Å²) in [6.07, 6.45) is 0. The van der Waals surface area contributed by atoms with Crippen molar-refractivity contribution in [2.75, 3.05) is 23.8 Å². The van der Waals surface area contributed by atoms with Crippen molar-refractivity contribution >= 4 is 45.7 Å². The van der Waals surface area contributed by atoms with Crippen molar-refractivity contribution in [3.05, 3.63) is 88.6 Å². The fourth-order valence-corrected chi connectivity index (χ4v) is 3.81. The zero-order valence-electron chi connectivity index (χ0n) is 18.2. The monoisotopic (exact) mass is 473 g/mol. The molecule has 2 heterocycles. The number of hydrogen-bond donors (Lipinski definition) is 2. The van der Waals surface area contributed by atoms with Crippen LogP contribution >= 0.6 is 11.6 Å². The largest absolute Gasteiger partial charge is 0.486 e. The van der Waals surface area contributed by atoms with E-state index in [9.17, 15) is 9.59 Å². The summed E-state index contributed by atoms with van der Waals surface area (Å²) in [5.41, 5.74) is 3.49. The highest BCUT2D eigenvalue weighted by atomic mass is 35.5. The van der Waals surface area contributed by atoms with E-state index in [1.54, 1.807) is 48.5 Å². The Kier molecular flexibility index (Phi) is 5.77. The summed E-state index contributed by atoms with van der Waals surface area (Å²) in [5.74, 6) is 0.496. The number of amides is 2. The third-order valence-electron chi connectivity index (χ3n) is 5.37. The second-order valence-electron chi connectivity index (χ2n) is 7.82. The summed E-state index contributed by atoms with van der Waals surface area (Å²) in [5, 5.41) is 6.86. The van der Waals surface area contributed by atoms with E-state index in [2.05, 4.69) is 15.6 Å². The lowest BCUT2D eigenvalue weighted by molar-refractivity contribution is 0.101. The minimum atomic E-state index is -0.325. The Morgan fingerprint density at radius 3 is 2.41 bits per heavy atom. The van der Waals surface area contributed by atoms with Crippen LogP contribution in [0, 0.1) is 6.92 Å². The molecule has 5 rings (SSSR count). The van der Waals surface area contributed by atoms with Crippen LogP contribution in [0.25, 0.3) is 10.9 Å². The van der Waals surface area contributed by atoms with Gasteiger partial charge < -0.3 is 20.1 Å². The van der Waals surface area contributed by atoms with Crippen LogP contribution in [0.1, 0.15) is 26.4 Å². The van der Waals surface area contributed by atoms with Crippen molar-refractivity contribution in [2.24, 2.45) is 0 Å². The van der Waals surface area contributed by atoms with Gasteiger partial charge in [-0.2, -0.15) is 0 Å². The Bertz CT molecular complexity index is 1440. The maximum Gasteiger partial charge on any atom is 0.255 e. The molecule has 7 nitrogen and oxygen atoms in total. The molecule has 0 unspecified atom stereocenters. The number of carbonyl (C=O) groups excluding carboxylic acids is 2. The van der Waals surface area contributed by atoms with E-state index < -0.39 is 0 Å². The van der Waals surface area contributed by atoms with E-state index in [0.717, 1.165) is 16.6 Å². The summed E-state index contributed by atoms with van der Waals surface area (Å²) in [7, 11) is 0. The molecule has 2 N–H and O–H groups in total. The van der Waals surface area contributed by atoms with E-state index in [1.807, 2.05) is 25.1 Å². The summed E-state index contributed by atoms with van der Waals surface area (Å²) < 4.78 is 11.0. The van der Waals surface area contributed by atoms with E-state index >= 15 is 0 Å². The molecule has 3 aromatic carbocycles. The number of aryl methyl sites for hydroxylation is 1. The van der Waals surface area contributed by atoms with Gasteiger partial charge in [-0.15, -0.1) is 0 Å². The molecule has 0 bridgehead atoms. The highest BCUT2D eigenvalue weighted by molar-refractivity contribution is 6.34. The van der Waals surface area contributed by atoms with Crippen molar-refractivity contribution < 1.29 is 19.1 Å². The molecule has 8 heteroatoms. The van der Waals surface area contributed by atoms with Crippen LogP contribution in [0.2, 0.25) is 5.02 Å². The van der Waals surface area contributed by atoms with Crippen molar-refractivity contribution in [3.63, 3.8) is 0 Å². The van der Waals surface area contributed by atoms with Crippen molar-refractivity contribution in [1.29, 1.82) is 0 Å². The van der Waals surface area contributed by atoms with E-state index in [4.69, 9.17) is 21.1 Å². The van der Waals surface area contributed by atoms with Crippen LogP contribution in [0.15, 0.2) is 66.7 Å². The van der Waals surface area contributed by atoms with Crippen molar-refractivity contribution in [3.8, 4) is 11.5 Å². The quantitative estimate of drug-likeness (QED) is 0.410. The average molecular weight is 474 g/mol. The molecule has 0 saturated heterocycles. The Hall–Kier alpha value is -4.10. The van der Waals surface area contributed by atoms with Gasteiger partial charge in [0.15, 0.2) is 11.5 Å². The number of hydrogen-bond acceptors (Lipinski definition) is 5. The number of ether oxygens (including phenoxy) is 2. The van der Waals surface area contributed by atoms with Crippen LogP contribution in [-0.4, -0.2) is 30.0 Å². The molecule has 1 aromatic heterocycles.